The lowest BCUT2D eigenvalue weighted by Crippen LogP contribution is -2.46. The zero-order valence-electron chi connectivity index (χ0n) is 9.85. The van der Waals surface area contributed by atoms with Crippen molar-refractivity contribution >= 4 is 5.91 Å². The SMILES string of the molecule is CC1(NC(=O)c2cn(CCN)nn2)CCOC1. The molecule has 1 unspecified atom stereocenters. The molecular formula is C10H17N5O2. The molecule has 1 saturated heterocycles. The fourth-order valence-electron chi connectivity index (χ4n) is 1.75. The summed E-state index contributed by atoms with van der Waals surface area (Å²) in [4.78, 5) is 11.9. The summed E-state index contributed by atoms with van der Waals surface area (Å²) in [6, 6.07) is 0. The number of hydrogen-bond acceptors (Lipinski definition) is 5. The molecule has 0 radical (unpaired) electrons. The summed E-state index contributed by atoms with van der Waals surface area (Å²) < 4.78 is 6.83. The average Bonchev–Trinajstić information content (AvgIpc) is 2.88. The summed E-state index contributed by atoms with van der Waals surface area (Å²) in [5, 5.41) is 10.5. The van der Waals surface area contributed by atoms with Crippen LogP contribution in [0.2, 0.25) is 0 Å². The van der Waals surface area contributed by atoms with Crippen molar-refractivity contribution in [3.63, 3.8) is 0 Å². The lowest BCUT2D eigenvalue weighted by atomic mass is 10.0. The van der Waals surface area contributed by atoms with Gasteiger partial charge in [-0.3, -0.25) is 9.48 Å². The molecule has 1 amide bonds. The van der Waals surface area contributed by atoms with Gasteiger partial charge in [-0.05, 0) is 13.3 Å². The number of carbonyl (C=O) groups excluding carboxylic acids is 1. The summed E-state index contributed by atoms with van der Waals surface area (Å²) >= 11 is 0. The Morgan fingerprint density at radius 3 is 3.24 bits per heavy atom. The van der Waals surface area contributed by atoms with E-state index in [4.69, 9.17) is 10.5 Å². The largest absolute Gasteiger partial charge is 0.379 e. The van der Waals surface area contributed by atoms with Gasteiger partial charge in [-0.25, -0.2) is 0 Å². The van der Waals surface area contributed by atoms with E-state index in [-0.39, 0.29) is 11.4 Å². The molecule has 1 fully saturated rings. The van der Waals surface area contributed by atoms with Gasteiger partial charge in [0.2, 0.25) is 0 Å². The quantitative estimate of drug-likeness (QED) is 0.713. The molecule has 0 bridgehead atoms. The second kappa shape index (κ2) is 4.80. The van der Waals surface area contributed by atoms with Crippen LogP contribution in [-0.4, -0.2) is 46.2 Å². The van der Waals surface area contributed by atoms with Gasteiger partial charge in [-0.1, -0.05) is 5.21 Å². The summed E-state index contributed by atoms with van der Waals surface area (Å²) in [7, 11) is 0. The average molecular weight is 239 g/mol. The van der Waals surface area contributed by atoms with E-state index in [1.54, 1.807) is 10.9 Å². The van der Waals surface area contributed by atoms with E-state index < -0.39 is 0 Å². The third kappa shape index (κ3) is 2.80. The highest BCUT2D eigenvalue weighted by Crippen LogP contribution is 2.17. The minimum absolute atomic E-state index is 0.221. The maximum absolute atomic E-state index is 11.9. The smallest absolute Gasteiger partial charge is 0.273 e. The third-order valence-electron chi connectivity index (χ3n) is 2.76. The second-order valence-electron chi connectivity index (χ2n) is 4.47. The van der Waals surface area contributed by atoms with Crippen LogP contribution in [0, 0.1) is 0 Å². The zero-order valence-corrected chi connectivity index (χ0v) is 9.85. The van der Waals surface area contributed by atoms with Crippen LogP contribution >= 0.6 is 0 Å². The minimum atomic E-state index is -0.297. The monoisotopic (exact) mass is 239 g/mol. The van der Waals surface area contributed by atoms with Crippen LogP contribution in [-0.2, 0) is 11.3 Å². The number of carbonyl (C=O) groups is 1. The van der Waals surface area contributed by atoms with Gasteiger partial charge in [-0.15, -0.1) is 5.10 Å². The first kappa shape index (κ1) is 12.0. The Labute approximate surface area is 99.3 Å². The maximum Gasteiger partial charge on any atom is 0.273 e. The summed E-state index contributed by atoms with van der Waals surface area (Å²) in [5.41, 5.74) is 5.41. The number of amides is 1. The molecule has 1 aliphatic rings. The van der Waals surface area contributed by atoms with Crippen LogP contribution in [0.4, 0.5) is 0 Å². The molecule has 0 aliphatic carbocycles. The lowest BCUT2D eigenvalue weighted by Gasteiger charge is -2.22. The van der Waals surface area contributed by atoms with Gasteiger partial charge < -0.3 is 15.8 Å². The molecule has 3 N–H and O–H groups in total. The van der Waals surface area contributed by atoms with Crippen molar-refractivity contribution in [2.24, 2.45) is 5.73 Å². The lowest BCUT2D eigenvalue weighted by molar-refractivity contribution is 0.0884. The Balaban J connectivity index is 1.98. The number of ether oxygens (including phenoxy) is 1. The molecule has 2 heterocycles. The molecule has 1 aromatic heterocycles. The molecule has 94 valence electrons. The molecule has 0 spiro atoms. The number of rotatable bonds is 4. The molecule has 1 aromatic rings. The van der Waals surface area contributed by atoms with Crippen molar-refractivity contribution < 1.29 is 9.53 Å². The van der Waals surface area contributed by atoms with Gasteiger partial charge >= 0.3 is 0 Å². The zero-order chi connectivity index (χ0) is 12.3. The van der Waals surface area contributed by atoms with Crippen LogP contribution in [0.3, 0.4) is 0 Å². The molecular weight excluding hydrogens is 222 g/mol. The Morgan fingerprint density at radius 2 is 2.59 bits per heavy atom. The van der Waals surface area contributed by atoms with Gasteiger partial charge in [0.1, 0.15) is 0 Å². The number of nitrogens with two attached hydrogens (primary N) is 1. The first-order chi connectivity index (χ1) is 8.13. The molecule has 2 rings (SSSR count). The van der Waals surface area contributed by atoms with Gasteiger partial charge in [0.25, 0.3) is 5.91 Å². The summed E-state index contributed by atoms with van der Waals surface area (Å²) in [6.07, 6.45) is 2.41. The van der Waals surface area contributed by atoms with E-state index in [9.17, 15) is 4.79 Å². The predicted octanol–water partition coefficient (Wildman–Crippen LogP) is -0.854. The second-order valence-corrected chi connectivity index (χ2v) is 4.47. The van der Waals surface area contributed by atoms with Gasteiger partial charge in [0, 0.05) is 13.2 Å². The van der Waals surface area contributed by atoms with Crippen LogP contribution < -0.4 is 11.1 Å². The van der Waals surface area contributed by atoms with Crippen molar-refractivity contribution in [2.45, 2.75) is 25.4 Å². The predicted molar refractivity (Wildman–Crippen MR) is 60.4 cm³/mol. The number of nitrogens with zero attached hydrogens (tertiary/aromatic N) is 3. The minimum Gasteiger partial charge on any atom is -0.379 e. The first-order valence-electron chi connectivity index (χ1n) is 5.63. The van der Waals surface area contributed by atoms with E-state index in [0.717, 1.165) is 6.42 Å². The topological polar surface area (TPSA) is 95.1 Å². The van der Waals surface area contributed by atoms with Crippen LogP contribution in [0.25, 0.3) is 0 Å². The Bertz CT molecular complexity index is 397. The highest BCUT2D eigenvalue weighted by Gasteiger charge is 2.32. The summed E-state index contributed by atoms with van der Waals surface area (Å²) in [6.45, 7) is 4.20. The third-order valence-corrected chi connectivity index (χ3v) is 2.76. The molecule has 17 heavy (non-hydrogen) atoms. The summed E-state index contributed by atoms with van der Waals surface area (Å²) in [5.74, 6) is -0.221. The van der Waals surface area contributed by atoms with Crippen molar-refractivity contribution in [1.29, 1.82) is 0 Å². The van der Waals surface area contributed by atoms with Crippen LogP contribution in [0.1, 0.15) is 23.8 Å². The maximum atomic E-state index is 11.9. The Kier molecular flexibility index (Phi) is 3.39. The number of nitrogens with one attached hydrogen (secondary N) is 1. The van der Waals surface area contributed by atoms with Crippen molar-refractivity contribution in [3.05, 3.63) is 11.9 Å². The fraction of sp³-hybridized carbons (Fsp3) is 0.700. The van der Waals surface area contributed by atoms with E-state index >= 15 is 0 Å². The molecule has 0 saturated carbocycles. The molecule has 0 aromatic carbocycles. The standard InChI is InChI=1S/C10H17N5O2/c1-10(2-5-17-7-10)12-9(16)8-6-15(4-3-11)14-13-8/h6H,2-5,7,11H2,1H3,(H,12,16). The van der Waals surface area contributed by atoms with Crippen LogP contribution in [0.5, 0.6) is 0 Å². The normalized spacial score (nSPS) is 23.9. The van der Waals surface area contributed by atoms with Crippen molar-refractivity contribution in [2.75, 3.05) is 19.8 Å². The highest BCUT2D eigenvalue weighted by molar-refractivity contribution is 5.92. The molecule has 1 aliphatic heterocycles. The van der Waals surface area contributed by atoms with E-state index in [2.05, 4.69) is 15.6 Å². The van der Waals surface area contributed by atoms with Crippen LogP contribution in [0.15, 0.2) is 6.20 Å². The van der Waals surface area contributed by atoms with Crippen molar-refractivity contribution in [1.82, 2.24) is 20.3 Å². The van der Waals surface area contributed by atoms with E-state index in [1.165, 1.54) is 0 Å². The Morgan fingerprint density at radius 1 is 1.76 bits per heavy atom. The van der Waals surface area contributed by atoms with Crippen molar-refractivity contribution in [3.8, 4) is 0 Å². The number of hydrogen-bond donors (Lipinski definition) is 2. The molecule has 7 heteroatoms. The van der Waals surface area contributed by atoms with E-state index in [0.29, 0.717) is 32.0 Å². The fourth-order valence-corrected chi connectivity index (χ4v) is 1.75. The molecule has 7 nitrogen and oxygen atoms in total. The number of aromatic nitrogens is 3. The van der Waals surface area contributed by atoms with Gasteiger partial charge in [0.15, 0.2) is 5.69 Å². The first-order valence-corrected chi connectivity index (χ1v) is 5.63. The van der Waals surface area contributed by atoms with Gasteiger partial charge in [0.05, 0.1) is 24.9 Å². The van der Waals surface area contributed by atoms with Gasteiger partial charge in [-0.2, -0.15) is 0 Å². The highest BCUT2D eigenvalue weighted by atomic mass is 16.5. The molecule has 1 atom stereocenters. The Hall–Kier alpha value is -1.47. The van der Waals surface area contributed by atoms with E-state index in [1.807, 2.05) is 6.92 Å².